The highest BCUT2D eigenvalue weighted by Crippen LogP contribution is 2.27. The van der Waals surface area contributed by atoms with Crippen molar-refractivity contribution >= 4 is 21.0 Å². The number of hydrogen-bond donors (Lipinski definition) is 0. The lowest BCUT2D eigenvalue weighted by Crippen LogP contribution is -2.25. The molecule has 0 bridgehead atoms. The predicted molar refractivity (Wildman–Crippen MR) is 68.1 cm³/mol. The molecule has 5 nitrogen and oxygen atoms in total. The molecule has 0 amide bonds. The monoisotopic (exact) mass is 321 g/mol. The molecule has 0 saturated heterocycles. The van der Waals surface area contributed by atoms with Gasteiger partial charge in [0, 0.05) is 5.39 Å². The third-order valence-electron chi connectivity index (χ3n) is 2.61. The zero-order valence-corrected chi connectivity index (χ0v) is 11.5. The second-order valence-corrected chi connectivity index (χ2v) is 5.60. The molecular weight excluding hydrogens is 311 g/mol. The summed E-state index contributed by atoms with van der Waals surface area (Å²) in [6, 6.07) is 8.07. The molecule has 0 saturated carbocycles. The van der Waals surface area contributed by atoms with Crippen molar-refractivity contribution in [1.29, 1.82) is 0 Å². The number of pyridine rings is 1. The predicted octanol–water partition coefficient (Wildman–Crippen LogP) is 2.61. The average Bonchev–Trinajstić information content (AvgIpc) is 2.43. The number of aromatic nitrogens is 1. The lowest BCUT2D eigenvalue weighted by Gasteiger charge is -2.09. The Hall–Kier alpha value is -1.87. The standard InChI is InChI=1S/C12H10F3NO4S/c1-19-10-4-2-3-8-5-6-9(16-11(8)10)7-20-21(17,18)12(13,14)15/h2-6H,7H2,1H3. The molecule has 21 heavy (non-hydrogen) atoms. The van der Waals surface area contributed by atoms with Gasteiger partial charge in [-0.2, -0.15) is 21.6 Å². The summed E-state index contributed by atoms with van der Waals surface area (Å²) in [5, 5.41) is 0.705. The molecule has 2 aromatic rings. The molecule has 0 unspecified atom stereocenters. The first-order chi connectivity index (χ1) is 9.74. The van der Waals surface area contributed by atoms with E-state index in [1.807, 2.05) is 0 Å². The Morgan fingerprint density at radius 3 is 2.52 bits per heavy atom. The topological polar surface area (TPSA) is 65.5 Å². The van der Waals surface area contributed by atoms with Crippen LogP contribution in [0.1, 0.15) is 5.69 Å². The molecule has 1 heterocycles. The third kappa shape index (κ3) is 3.24. The van der Waals surface area contributed by atoms with Gasteiger partial charge in [0.05, 0.1) is 12.8 Å². The van der Waals surface area contributed by atoms with Crippen molar-refractivity contribution in [1.82, 2.24) is 4.98 Å². The van der Waals surface area contributed by atoms with Crippen LogP contribution in [0.4, 0.5) is 13.2 Å². The van der Waals surface area contributed by atoms with Crippen molar-refractivity contribution in [2.45, 2.75) is 12.1 Å². The molecule has 2 rings (SSSR count). The Morgan fingerprint density at radius 2 is 1.90 bits per heavy atom. The fourth-order valence-corrected chi connectivity index (χ4v) is 2.02. The first kappa shape index (κ1) is 15.5. The van der Waals surface area contributed by atoms with Gasteiger partial charge >= 0.3 is 15.6 Å². The fraction of sp³-hybridized carbons (Fsp3) is 0.250. The van der Waals surface area contributed by atoms with E-state index in [0.717, 1.165) is 0 Å². The number of ether oxygens (including phenoxy) is 1. The Bertz CT molecular complexity index is 759. The van der Waals surface area contributed by atoms with Gasteiger partial charge in [-0.25, -0.2) is 4.98 Å². The molecule has 0 N–H and O–H groups in total. The van der Waals surface area contributed by atoms with Crippen molar-refractivity contribution in [3.63, 3.8) is 0 Å². The van der Waals surface area contributed by atoms with Crippen LogP contribution in [0.15, 0.2) is 30.3 Å². The number of halogens is 3. The second-order valence-electron chi connectivity index (χ2n) is 4.00. The van der Waals surface area contributed by atoms with E-state index in [1.54, 1.807) is 24.3 Å². The molecule has 0 spiro atoms. The van der Waals surface area contributed by atoms with Crippen LogP contribution >= 0.6 is 0 Å². The fourth-order valence-electron chi connectivity index (χ4n) is 1.61. The summed E-state index contributed by atoms with van der Waals surface area (Å²) in [5.74, 6) is 0.424. The van der Waals surface area contributed by atoms with E-state index in [-0.39, 0.29) is 5.69 Å². The Balaban J connectivity index is 2.28. The molecule has 0 radical (unpaired) electrons. The van der Waals surface area contributed by atoms with E-state index in [9.17, 15) is 21.6 Å². The zero-order valence-electron chi connectivity index (χ0n) is 10.7. The minimum Gasteiger partial charge on any atom is -0.494 e. The van der Waals surface area contributed by atoms with Crippen molar-refractivity contribution < 1.29 is 30.5 Å². The summed E-state index contributed by atoms with van der Waals surface area (Å²) in [4.78, 5) is 4.05. The third-order valence-corrected chi connectivity index (χ3v) is 3.60. The molecule has 0 fully saturated rings. The van der Waals surface area contributed by atoms with E-state index in [1.165, 1.54) is 13.2 Å². The highest BCUT2D eigenvalue weighted by atomic mass is 32.2. The first-order valence-corrected chi connectivity index (χ1v) is 7.04. The molecule has 1 aromatic heterocycles. The molecule has 0 aliphatic heterocycles. The second kappa shape index (κ2) is 5.49. The Labute approximate surface area is 118 Å². The maximum atomic E-state index is 12.2. The first-order valence-electron chi connectivity index (χ1n) is 5.63. The van der Waals surface area contributed by atoms with Crippen LogP contribution < -0.4 is 4.74 Å². The quantitative estimate of drug-likeness (QED) is 0.640. The number of para-hydroxylation sites is 1. The van der Waals surface area contributed by atoms with E-state index in [0.29, 0.717) is 16.7 Å². The van der Waals surface area contributed by atoms with Gasteiger partial charge in [0.2, 0.25) is 0 Å². The zero-order chi connectivity index (χ0) is 15.7. The summed E-state index contributed by atoms with van der Waals surface area (Å²) in [6.07, 6.45) is 0. The van der Waals surface area contributed by atoms with Gasteiger partial charge in [-0.05, 0) is 12.1 Å². The summed E-state index contributed by atoms with van der Waals surface area (Å²) in [7, 11) is -4.21. The number of nitrogens with zero attached hydrogens (tertiary/aromatic N) is 1. The normalized spacial score (nSPS) is 12.6. The van der Waals surface area contributed by atoms with Gasteiger partial charge in [0.15, 0.2) is 0 Å². The summed E-state index contributed by atoms with van der Waals surface area (Å²) < 4.78 is 67.1. The largest absolute Gasteiger partial charge is 0.523 e. The van der Waals surface area contributed by atoms with Gasteiger partial charge in [-0.15, -0.1) is 0 Å². The molecular formula is C12H10F3NO4S. The number of fused-ring (bicyclic) bond motifs is 1. The average molecular weight is 321 g/mol. The SMILES string of the molecule is COc1cccc2ccc(COS(=O)(=O)C(F)(F)F)nc12. The van der Waals surface area contributed by atoms with Gasteiger partial charge in [0.1, 0.15) is 17.9 Å². The van der Waals surface area contributed by atoms with Crippen LogP contribution in [0.25, 0.3) is 10.9 Å². The lowest BCUT2D eigenvalue weighted by molar-refractivity contribution is -0.0548. The van der Waals surface area contributed by atoms with Gasteiger partial charge < -0.3 is 4.74 Å². The van der Waals surface area contributed by atoms with Crippen LogP contribution in [0.2, 0.25) is 0 Å². The van der Waals surface area contributed by atoms with Gasteiger partial charge in [-0.3, -0.25) is 4.18 Å². The Morgan fingerprint density at radius 1 is 1.19 bits per heavy atom. The molecule has 0 atom stereocenters. The van der Waals surface area contributed by atoms with Crippen molar-refractivity contribution in [2.24, 2.45) is 0 Å². The number of alkyl halides is 3. The maximum absolute atomic E-state index is 12.2. The lowest BCUT2D eigenvalue weighted by atomic mass is 10.2. The van der Waals surface area contributed by atoms with Crippen LogP contribution in [-0.2, 0) is 20.9 Å². The summed E-state index contributed by atoms with van der Waals surface area (Å²) in [5.41, 5.74) is -5.01. The van der Waals surface area contributed by atoms with Gasteiger partial charge in [0.25, 0.3) is 0 Å². The van der Waals surface area contributed by atoms with E-state index in [2.05, 4.69) is 9.17 Å². The van der Waals surface area contributed by atoms with Crippen molar-refractivity contribution in [3.05, 3.63) is 36.0 Å². The minimum absolute atomic E-state index is 0.0415. The molecule has 0 aliphatic rings. The van der Waals surface area contributed by atoms with Crippen molar-refractivity contribution in [3.8, 4) is 5.75 Å². The van der Waals surface area contributed by atoms with E-state index in [4.69, 9.17) is 4.74 Å². The highest BCUT2D eigenvalue weighted by molar-refractivity contribution is 7.87. The van der Waals surface area contributed by atoms with Crippen LogP contribution in [-0.4, -0.2) is 26.0 Å². The van der Waals surface area contributed by atoms with Crippen LogP contribution in [0.3, 0.4) is 0 Å². The molecule has 114 valence electrons. The van der Waals surface area contributed by atoms with E-state index >= 15 is 0 Å². The van der Waals surface area contributed by atoms with Crippen molar-refractivity contribution in [2.75, 3.05) is 7.11 Å². The molecule has 0 aliphatic carbocycles. The molecule has 9 heteroatoms. The summed E-state index contributed by atoms with van der Waals surface area (Å²) >= 11 is 0. The number of hydrogen-bond acceptors (Lipinski definition) is 5. The Kier molecular flexibility index (Phi) is 4.06. The maximum Gasteiger partial charge on any atom is 0.523 e. The van der Waals surface area contributed by atoms with Crippen LogP contribution in [0.5, 0.6) is 5.75 Å². The summed E-state index contributed by atoms with van der Waals surface area (Å²) in [6.45, 7) is -0.810. The number of benzene rings is 1. The van der Waals surface area contributed by atoms with Gasteiger partial charge in [-0.1, -0.05) is 18.2 Å². The van der Waals surface area contributed by atoms with Crippen LogP contribution in [0, 0.1) is 0 Å². The highest BCUT2D eigenvalue weighted by Gasteiger charge is 2.47. The number of methoxy groups -OCH3 is 1. The minimum atomic E-state index is -5.64. The molecule has 1 aromatic carbocycles. The smallest absolute Gasteiger partial charge is 0.494 e. The number of rotatable bonds is 4. The van der Waals surface area contributed by atoms with E-state index < -0.39 is 22.2 Å².